The van der Waals surface area contributed by atoms with Crippen LogP contribution in [-0.4, -0.2) is 27.6 Å². The molecule has 144 valence electrons. The van der Waals surface area contributed by atoms with Gasteiger partial charge in [-0.05, 0) is 42.7 Å². The van der Waals surface area contributed by atoms with Crippen molar-refractivity contribution in [1.82, 2.24) is 0 Å². The molecule has 0 saturated carbocycles. The average molecular weight is 389 g/mol. The highest BCUT2D eigenvalue weighted by molar-refractivity contribution is 6.31. The average Bonchev–Trinajstić information content (AvgIpc) is 2.56. The summed E-state index contributed by atoms with van der Waals surface area (Å²) in [5, 5.41) is 20.9. The molecule has 0 aromatic heterocycles. The summed E-state index contributed by atoms with van der Waals surface area (Å²) >= 11 is 6.24. The summed E-state index contributed by atoms with van der Waals surface area (Å²) in [6.45, 7) is 7.08. The zero-order valence-electron chi connectivity index (χ0n) is 16.0. The molecule has 0 saturated heterocycles. The summed E-state index contributed by atoms with van der Waals surface area (Å²) in [5.74, 6) is -1.05. The number of halogens is 1. The quantitative estimate of drug-likeness (QED) is 0.574. The number of aliphatic carboxylic acids is 1. The Labute approximate surface area is 164 Å². The predicted molar refractivity (Wildman–Crippen MR) is 107 cm³/mol. The molecule has 0 amide bonds. The molecule has 0 bridgehead atoms. The standard InChI is InChI=1S/C22H25ClO4/c1-14(11-20(25)26)9-10-22(27)15(2)17(19(24)13-21(22,3)4)12-16-7-5-6-8-18(16)23/h5-11,27H,12-13H2,1-4H3,(H,25,26)/b10-9+,14-11-/t22-/m0/s1. The molecule has 0 unspecified atom stereocenters. The minimum absolute atomic E-state index is 0.00621. The van der Waals surface area contributed by atoms with Gasteiger partial charge in [0.2, 0.25) is 0 Å². The molecule has 4 nitrogen and oxygen atoms in total. The van der Waals surface area contributed by atoms with Gasteiger partial charge in [0, 0.05) is 34.9 Å². The van der Waals surface area contributed by atoms with Crippen LogP contribution in [0.5, 0.6) is 0 Å². The Kier molecular flexibility index (Phi) is 6.13. The summed E-state index contributed by atoms with van der Waals surface area (Å²) in [4.78, 5) is 23.6. The molecule has 1 atom stereocenters. The summed E-state index contributed by atoms with van der Waals surface area (Å²) in [6.07, 6.45) is 4.79. The van der Waals surface area contributed by atoms with E-state index in [-0.39, 0.29) is 12.2 Å². The zero-order valence-corrected chi connectivity index (χ0v) is 16.8. The molecule has 27 heavy (non-hydrogen) atoms. The molecule has 2 rings (SSSR count). The number of carbonyl (C=O) groups excluding carboxylic acids is 1. The van der Waals surface area contributed by atoms with Crippen molar-refractivity contribution in [1.29, 1.82) is 0 Å². The predicted octanol–water partition coefficient (Wildman–Crippen LogP) is 4.52. The summed E-state index contributed by atoms with van der Waals surface area (Å²) in [6, 6.07) is 7.33. The molecule has 1 aliphatic rings. The topological polar surface area (TPSA) is 74.6 Å². The maximum absolute atomic E-state index is 12.8. The molecule has 0 fully saturated rings. The normalized spacial score (nSPS) is 23.2. The lowest BCUT2D eigenvalue weighted by molar-refractivity contribution is -0.131. The molecule has 1 aliphatic carbocycles. The fourth-order valence-corrected chi connectivity index (χ4v) is 3.70. The number of rotatable bonds is 5. The van der Waals surface area contributed by atoms with E-state index in [4.69, 9.17) is 16.7 Å². The molecule has 0 aliphatic heterocycles. The highest BCUT2D eigenvalue weighted by Gasteiger charge is 2.49. The van der Waals surface area contributed by atoms with E-state index < -0.39 is 17.0 Å². The molecule has 0 spiro atoms. The van der Waals surface area contributed by atoms with Crippen LogP contribution < -0.4 is 0 Å². The van der Waals surface area contributed by atoms with Crippen LogP contribution in [0.1, 0.15) is 39.7 Å². The van der Waals surface area contributed by atoms with Gasteiger partial charge in [0.1, 0.15) is 5.60 Å². The van der Waals surface area contributed by atoms with Gasteiger partial charge in [-0.1, -0.05) is 49.7 Å². The van der Waals surface area contributed by atoms with Gasteiger partial charge in [-0.2, -0.15) is 0 Å². The largest absolute Gasteiger partial charge is 0.478 e. The van der Waals surface area contributed by atoms with E-state index in [1.165, 1.54) is 0 Å². The van der Waals surface area contributed by atoms with Crippen LogP contribution in [-0.2, 0) is 16.0 Å². The number of aliphatic hydroxyl groups is 1. The van der Waals surface area contributed by atoms with E-state index in [1.54, 1.807) is 32.1 Å². The van der Waals surface area contributed by atoms with E-state index in [9.17, 15) is 14.7 Å². The first kappa shape index (κ1) is 21.1. The van der Waals surface area contributed by atoms with Crippen LogP contribution in [0, 0.1) is 5.41 Å². The SMILES string of the molecule is CC1=C(Cc2ccccc2Cl)C(=O)CC(C)(C)[C@]1(O)/C=C/C(C)=C\C(=O)O. The van der Waals surface area contributed by atoms with Crippen LogP contribution in [0.2, 0.25) is 5.02 Å². The van der Waals surface area contributed by atoms with Crippen molar-refractivity contribution in [3.8, 4) is 0 Å². The zero-order chi connectivity index (χ0) is 20.4. The second-order valence-electron chi connectivity index (χ2n) is 7.68. The van der Waals surface area contributed by atoms with Crippen molar-refractivity contribution in [2.75, 3.05) is 0 Å². The van der Waals surface area contributed by atoms with Crippen molar-refractivity contribution in [3.63, 3.8) is 0 Å². The van der Waals surface area contributed by atoms with E-state index in [0.29, 0.717) is 28.2 Å². The van der Waals surface area contributed by atoms with Crippen molar-refractivity contribution in [2.45, 2.75) is 46.1 Å². The number of hydrogen-bond donors (Lipinski definition) is 2. The fourth-order valence-electron chi connectivity index (χ4n) is 3.50. The third-order valence-corrected chi connectivity index (χ3v) is 5.63. The minimum atomic E-state index is -1.37. The van der Waals surface area contributed by atoms with Gasteiger partial charge >= 0.3 is 5.97 Å². The molecule has 2 N–H and O–H groups in total. The number of benzene rings is 1. The first-order valence-corrected chi connectivity index (χ1v) is 9.15. The van der Waals surface area contributed by atoms with Gasteiger partial charge in [0.15, 0.2) is 5.78 Å². The highest BCUT2D eigenvalue weighted by atomic mass is 35.5. The van der Waals surface area contributed by atoms with Crippen LogP contribution in [0.15, 0.2) is 59.2 Å². The lowest BCUT2D eigenvalue weighted by atomic mass is 9.62. The van der Waals surface area contributed by atoms with E-state index in [2.05, 4.69) is 0 Å². The van der Waals surface area contributed by atoms with Crippen LogP contribution in [0.3, 0.4) is 0 Å². The molecule has 1 aromatic carbocycles. The van der Waals surface area contributed by atoms with Crippen LogP contribution >= 0.6 is 11.6 Å². The Morgan fingerprint density at radius 2 is 1.93 bits per heavy atom. The first-order chi connectivity index (χ1) is 12.5. The lowest BCUT2D eigenvalue weighted by Gasteiger charge is -2.46. The van der Waals surface area contributed by atoms with Crippen LogP contribution in [0.4, 0.5) is 0 Å². The molecular formula is C22H25ClO4. The Bertz CT molecular complexity index is 861. The van der Waals surface area contributed by atoms with Gasteiger partial charge in [-0.25, -0.2) is 4.79 Å². The second-order valence-corrected chi connectivity index (χ2v) is 8.09. The van der Waals surface area contributed by atoms with Gasteiger partial charge in [0.25, 0.3) is 0 Å². The summed E-state index contributed by atoms with van der Waals surface area (Å²) in [7, 11) is 0. The van der Waals surface area contributed by atoms with Crippen molar-refractivity contribution in [3.05, 3.63) is 69.8 Å². The maximum Gasteiger partial charge on any atom is 0.328 e. The minimum Gasteiger partial charge on any atom is -0.478 e. The van der Waals surface area contributed by atoms with Gasteiger partial charge in [0.05, 0.1) is 0 Å². The molecule has 5 heteroatoms. The van der Waals surface area contributed by atoms with Gasteiger partial charge < -0.3 is 10.2 Å². The number of carboxylic acids is 1. The van der Waals surface area contributed by atoms with Crippen molar-refractivity contribution < 1.29 is 19.8 Å². The number of ketones is 1. The van der Waals surface area contributed by atoms with Crippen molar-refractivity contribution >= 4 is 23.4 Å². The number of carboxylic acid groups (broad SMARTS) is 1. The number of hydrogen-bond acceptors (Lipinski definition) is 3. The van der Waals surface area contributed by atoms with E-state index in [0.717, 1.165) is 11.6 Å². The van der Waals surface area contributed by atoms with E-state index in [1.807, 2.05) is 32.0 Å². The second kappa shape index (κ2) is 7.83. The first-order valence-electron chi connectivity index (χ1n) is 8.77. The summed E-state index contributed by atoms with van der Waals surface area (Å²) < 4.78 is 0. The third-order valence-electron chi connectivity index (χ3n) is 5.26. The molecule has 0 heterocycles. The molecular weight excluding hydrogens is 364 g/mol. The Morgan fingerprint density at radius 1 is 1.30 bits per heavy atom. The van der Waals surface area contributed by atoms with Gasteiger partial charge in [-0.15, -0.1) is 0 Å². The third kappa shape index (κ3) is 4.40. The lowest BCUT2D eigenvalue weighted by Crippen LogP contribution is -2.49. The smallest absolute Gasteiger partial charge is 0.328 e. The maximum atomic E-state index is 12.8. The Morgan fingerprint density at radius 3 is 2.52 bits per heavy atom. The fraction of sp³-hybridized carbons (Fsp3) is 0.364. The highest BCUT2D eigenvalue weighted by Crippen LogP contribution is 2.47. The monoisotopic (exact) mass is 388 g/mol. The van der Waals surface area contributed by atoms with Gasteiger partial charge in [-0.3, -0.25) is 4.79 Å². The van der Waals surface area contributed by atoms with Crippen LogP contribution in [0.25, 0.3) is 0 Å². The van der Waals surface area contributed by atoms with Crippen molar-refractivity contribution in [2.24, 2.45) is 5.41 Å². The Balaban J connectivity index is 2.52. The number of carbonyl (C=O) groups is 2. The number of allylic oxidation sites excluding steroid dienone is 3. The number of Topliss-reactive ketones (excluding diaryl/α,β-unsaturated/α-hetero) is 1. The summed E-state index contributed by atoms with van der Waals surface area (Å²) in [5.41, 5.74) is 0.361. The Hall–Kier alpha value is -2.17. The molecule has 0 radical (unpaired) electrons. The van der Waals surface area contributed by atoms with E-state index >= 15 is 0 Å². The molecule has 1 aromatic rings.